The Kier molecular flexibility index (Phi) is 58.2. The van der Waals surface area contributed by atoms with Crippen LogP contribution in [0.25, 0.3) is 5.53 Å². The quantitative estimate of drug-likeness (QED) is 0.00264. The molecular weight excluding hydrogens is 1710 g/mol. The van der Waals surface area contributed by atoms with Crippen LogP contribution >= 0.6 is 34.8 Å². The van der Waals surface area contributed by atoms with Crippen LogP contribution in [0.15, 0.2) is 121 Å². The van der Waals surface area contributed by atoms with Crippen LogP contribution in [-0.4, -0.2) is 203 Å². The van der Waals surface area contributed by atoms with Crippen molar-refractivity contribution in [2.75, 3.05) is 20.1 Å². The molecule has 8 N–H and O–H groups in total. The third kappa shape index (κ3) is 54.1. The summed E-state index contributed by atoms with van der Waals surface area (Å²) in [7, 11) is 0. The molecule has 0 bridgehead atoms. The minimum Gasteiger partial charge on any atom is -0.662 e. The fraction of sp³-hybridized carbons (Fsp3) is 0.324. The van der Waals surface area contributed by atoms with Crippen molar-refractivity contribution in [3.63, 3.8) is 0 Å². The number of esters is 7. The van der Waals surface area contributed by atoms with E-state index < -0.39 is 119 Å². The van der Waals surface area contributed by atoms with Gasteiger partial charge in [0.15, 0.2) is 13.5 Å². The number of carbonyl (C=O) groups is 19. The van der Waals surface area contributed by atoms with Gasteiger partial charge in [-0.15, -0.1) is 0 Å². The second-order valence-electron chi connectivity index (χ2n) is 23.0. The van der Waals surface area contributed by atoms with Gasteiger partial charge in [0.2, 0.25) is 5.78 Å². The number of carboxylic acid groups (broad SMARTS) is 4. The molecule has 0 aromatic heterocycles. The molecule has 5 aromatic rings. The first-order chi connectivity index (χ1) is 57.2. The number of aliphatic hydroxyl groups is 1. The van der Waals surface area contributed by atoms with Gasteiger partial charge in [0.25, 0.3) is 12.9 Å². The van der Waals surface area contributed by atoms with Gasteiger partial charge < -0.3 is 109 Å². The zero-order valence-corrected chi connectivity index (χ0v) is 69.7. The summed E-state index contributed by atoms with van der Waals surface area (Å²) in [6.07, 6.45) is -2.54. The van der Waals surface area contributed by atoms with E-state index in [1.165, 1.54) is 46.8 Å². The van der Waals surface area contributed by atoms with Crippen molar-refractivity contribution >= 4 is 154 Å². The predicted molar refractivity (Wildman–Crippen MR) is 403 cm³/mol. The number of ether oxygens (including phenoxy) is 12. The number of ketones is 1. The Hall–Kier alpha value is -13.0. The molecule has 0 aliphatic carbocycles. The minimum atomic E-state index is -1.35. The van der Waals surface area contributed by atoms with E-state index >= 15 is 0 Å². The van der Waals surface area contributed by atoms with Crippen LogP contribution in [0.3, 0.4) is 0 Å². The molecule has 48 heteroatoms. The van der Waals surface area contributed by atoms with Gasteiger partial charge >= 0.3 is 130 Å². The molecule has 7 rings (SSSR count). The first-order valence-electron chi connectivity index (χ1n) is 34.1. The number of Topliss-reactive ketones (excluding diaryl/α,β-unsaturated/α-hetero) is 1. The van der Waals surface area contributed by atoms with Crippen LogP contribution in [0.1, 0.15) is 107 Å². The molecule has 0 radical (unpaired) electrons. The molecule has 3 amide bonds. The molecule has 656 valence electrons. The molecule has 4 atom stereocenters. The van der Waals surface area contributed by atoms with E-state index in [0.29, 0.717) is 45.4 Å². The number of aliphatic carboxylic acids is 4. The Bertz CT molecular complexity index is 4310. The summed E-state index contributed by atoms with van der Waals surface area (Å²) in [5.41, 5.74) is 15.9. The molecular formula is C74H80Cl3N6NaO38. The normalized spacial score (nSPS) is 12.5. The third-order valence-electron chi connectivity index (χ3n) is 13.7. The maximum atomic E-state index is 12.2. The van der Waals surface area contributed by atoms with Gasteiger partial charge in [-0.3, -0.25) is 67.3 Å². The number of halogens is 3. The van der Waals surface area contributed by atoms with Crippen molar-refractivity contribution in [3.8, 4) is 28.7 Å². The second-order valence-corrected chi connectivity index (χ2v) is 24.2. The molecule has 5 aromatic carbocycles. The van der Waals surface area contributed by atoms with Gasteiger partial charge in [0.1, 0.15) is 79.3 Å². The molecule has 44 nitrogen and oxygen atoms in total. The largest absolute Gasteiger partial charge is 1.00 e. The maximum absolute atomic E-state index is 12.2. The summed E-state index contributed by atoms with van der Waals surface area (Å²) in [6.45, 7) is 6.00. The van der Waals surface area contributed by atoms with Gasteiger partial charge in [-0.2, -0.15) is 4.79 Å². The number of hydrogen-bond acceptors (Lipinski definition) is 35. The van der Waals surface area contributed by atoms with E-state index in [9.17, 15) is 81.5 Å². The number of nitrogens with zero attached hydrogens (tertiary/aromatic N) is 4. The molecule has 0 saturated carbocycles. The van der Waals surface area contributed by atoms with Crippen molar-refractivity contribution in [3.05, 3.63) is 155 Å². The standard InChI is InChI=1S/C17H17N3O7.C16H17NO8.C15H17NO8.C10H9ClO4.C9H10O3.C5H9NO4.CCl2O.CH2O3.Na/c1-11(21)27-14-5-2-12(3-6-14)9-25-17(24)20-10-26-16(23)15(20)7-4-13(22)8-19-18;1-11(19)25-13-4-2-12(3-5-13)8-23-16(21)17-9-24-15(20)14(17)6-7-22-10-18;1-9(17)24-11-4-2-10(3-5-11)8-23-15(22)16-12(14(20)21)6-7-13(18)19;1-7(12)15-9-4-2-8(3-5-9)6-14-10(11)13;1-7(11)12-9-4-2-8(6-10)3-5-9;6-3(5(9)10)1-2-4(7)8;2-1(3)4;2-1-4-3;/h2-3,5-6,8,15H,4,7,9-10H2,1H3;2-5,10,14H,6-9H2,1H3;2-5,12H,6-8H2,1H3,(H,16,22)(H,18,19)(H,20,21);2-5H,6H2,1H3;2-5,10H,6H2,1H3;3H,1-2,6H2,(H,7,8)(H,9,10);;1,3H;/q;;;;;;;;+1/p-1. The van der Waals surface area contributed by atoms with Crippen molar-refractivity contribution in [1.82, 2.24) is 15.1 Å². The molecule has 2 aliphatic heterocycles. The molecule has 122 heavy (non-hydrogen) atoms. The monoisotopic (exact) mass is 1790 g/mol. The van der Waals surface area contributed by atoms with E-state index in [0.717, 1.165) is 27.1 Å². The Morgan fingerprint density at radius 2 is 0.836 bits per heavy atom. The van der Waals surface area contributed by atoms with Gasteiger partial charge in [-0.1, -0.05) is 60.7 Å². The molecule has 2 fully saturated rings. The number of cyclic esters (lactones) is 2. The van der Waals surface area contributed by atoms with Crippen LogP contribution in [-0.2, 0) is 138 Å². The van der Waals surface area contributed by atoms with E-state index in [1.54, 1.807) is 109 Å². The van der Waals surface area contributed by atoms with Crippen LogP contribution in [0.2, 0.25) is 0 Å². The summed E-state index contributed by atoms with van der Waals surface area (Å²) in [6, 6.07) is 28.1. The third-order valence-corrected chi connectivity index (χ3v) is 13.8. The van der Waals surface area contributed by atoms with Gasteiger partial charge in [-0.05, 0) is 131 Å². The van der Waals surface area contributed by atoms with E-state index in [4.69, 9.17) is 111 Å². The number of carbonyl (C=O) groups excluding carboxylic acids is 15. The smallest absolute Gasteiger partial charge is 0.662 e. The molecule has 2 aliphatic rings. The van der Waals surface area contributed by atoms with Gasteiger partial charge in [0.05, 0.1) is 13.2 Å². The minimum absolute atomic E-state index is 0. The average molecular weight is 1790 g/mol. The Morgan fingerprint density at radius 1 is 0.516 bits per heavy atom. The van der Waals surface area contributed by atoms with E-state index in [-0.39, 0.29) is 146 Å². The fourth-order valence-corrected chi connectivity index (χ4v) is 8.45. The van der Waals surface area contributed by atoms with Gasteiger partial charge in [-0.25, -0.2) is 33.6 Å². The average Bonchev–Trinajstić information content (AvgIpc) is 1.70. The maximum Gasteiger partial charge on any atom is 1.00 e. The van der Waals surface area contributed by atoms with Crippen LogP contribution in [0.4, 0.5) is 24.0 Å². The van der Waals surface area contributed by atoms with Crippen molar-refractivity contribution in [2.45, 2.75) is 137 Å². The molecule has 0 spiro atoms. The van der Waals surface area contributed by atoms with Crippen molar-refractivity contribution in [1.29, 1.82) is 0 Å². The zero-order valence-electron chi connectivity index (χ0n) is 65.4. The Morgan fingerprint density at radius 3 is 1.12 bits per heavy atom. The zero-order chi connectivity index (χ0) is 91.5. The second kappa shape index (κ2) is 64.0. The summed E-state index contributed by atoms with van der Waals surface area (Å²) in [4.78, 5) is 211. The number of nitrogens with one attached hydrogen (secondary N) is 1. The Balaban J connectivity index is 0. The summed E-state index contributed by atoms with van der Waals surface area (Å²) in [5.74, 6) is -6.41. The van der Waals surface area contributed by atoms with E-state index in [2.05, 4.69) is 47.7 Å². The van der Waals surface area contributed by atoms with Crippen molar-refractivity contribution < 1.29 is 218 Å². The number of amides is 3. The Labute approximate surface area is 728 Å². The first-order valence-corrected chi connectivity index (χ1v) is 35.2. The summed E-state index contributed by atoms with van der Waals surface area (Å²) < 4.78 is 57.3. The number of hydrogen-bond donors (Lipinski definition) is 7. The number of aliphatic hydroxyl groups excluding tert-OH is 1. The van der Waals surface area contributed by atoms with Crippen LogP contribution < -0.4 is 69.5 Å². The number of alkyl carbamates (subject to hydrolysis) is 1. The first kappa shape index (κ1) is 111. The summed E-state index contributed by atoms with van der Waals surface area (Å²) in [5, 5.41) is 52.9. The van der Waals surface area contributed by atoms with E-state index in [1.807, 2.05) is 0 Å². The molecule has 2 saturated heterocycles. The topological polar surface area (TPSA) is 649 Å². The molecule has 2 heterocycles. The number of nitrogens with two attached hydrogens (primary N) is 1. The SMILES string of the molecule is CC(=O)Oc1ccc(CO)cc1.CC(=O)Oc1ccc(COC(=O)Cl)cc1.CC(=O)Oc1ccc(COC(=O)N2COC(=O)C2CCC(=O)C=[N+]=[N-])cc1.CC(=O)Oc1ccc(COC(=O)N2COC(=O)C2CCOC=O)cc1.CC(=O)Oc1ccc(COC(=O)NC(CCC(=O)O)C(=O)O)cc1.NC(CCC(=O)O)C(=O)O.O=C(Cl)Cl.O=CO[O-].[Na+]. The summed E-state index contributed by atoms with van der Waals surface area (Å²) >= 11 is 13.8. The fourth-order valence-electron chi connectivity index (χ4n) is 8.40. The van der Waals surface area contributed by atoms with Crippen molar-refractivity contribution in [2.24, 2.45) is 5.73 Å². The molecule has 4 unspecified atom stereocenters. The number of rotatable bonds is 32. The predicted octanol–water partition coefficient (Wildman–Crippen LogP) is 3.11. The van der Waals surface area contributed by atoms with Crippen LogP contribution in [0.5, 0.6) is 28.7 Å². The van der Waals surface area contributed by atoms with Crippen LogP contribution in [0, 0.1) is 0 Å². The number of carboxylic acids is 4. The number of benzene rings is 5. The van der Waals surface area contributed by atoms with Gasteiger partial charge in [0, 0.05) is 71.9 Å².